The van der Waals surface area contributed by atoms with Gasteiger partial charge in [0, 0.05) is 24.2 Å². The second-order valence-corrected chi connectivity index (χ2v) is 8.80. The normalized spacial score (nSPS) is 16.5. The zero-order chi connectivity index (χ0) is 17.8. The van der Waals surface area contributed by atoms with Crippen molar-refractivity contribution < 1.29 is 0 Å². The van der Waals surface area contributed by atoms with Crippen LogP contribution in [0.1, 0.15) is 11.3 Å². The Bertz CT molecular complexity index is 868. The molecule has 3 aromatic rings. The number of nitrogens with one attached hydrogen (secondary N) is 2. The van der Waals surface area contributed by atoms with Gasteiger partial charge in [0.15, 0.2) is 0 Å². The maximum atomic E-state index is 5.70. The molecule has 0 radical (unpaired) electrons. The van der Waals surface area contributed by atoms with Gasteiger partial charge in [-0.1, -0.05) is 17.8 Å². The van der Waals surface area contributed by atoms with Gasteiger partial charge in [0.2, 0.25) is 0 Å². The number of hydrogen-bond donors (Lipinski definition) is 4. The molecule has 3 heterocycles. The van der Waals surface area contributed by atoms with Crippen molar-refractivity contribution in [1.29, 1.82) is 0 Å². The monoisotopic (exact) mass is 390 g/mol. The van der Waals surface area contributed by atoms with Crippen LogP contribution in [0, 0.1) is 6.92 Å². The molecule has 25 heavy (non-hydrogen) atoms. The molecule has 0 fully saturated rings. The molecule has 1 unspecified atom stereocenters. The van der Waals surface area contributed by atoms with Crippen LogP contribution in [0.25, 0.3) is 10.9 Å². The number of hydrogen-bond acceptors (Lipinski definition) is 6. The number of thiophene rings is 1. The van der Waals surface area contributed by atoms with E-state index in [1.54, 1.807) is 23.1 Å². The Balaban J connectivity index is 0.000000258. The average Bonchev–Trinajstić information content (AvgIpc) is 3.33. The van der Waals surface area contributed by atoms with E-state index in [0.29, 0.717) is 11.8 Å². The molecule has 4 rings (SSSR count). The van der Waals surface area contributed by atoms with Gasteiger partial charge in [0.25, 0.3) is 0 Å². The van der Waals surface area contributed by atoms with Gasteiger partial charge in [0.1, 0.15) is 5.04 Å². The molecule has 2 aromatic heterocycles. The average molecular weight is 391 g/mol. The van der Waals surface area contributed by atoms with Gasteiger partial charge in [-0.2, -0.15) is 0 Å². The number of H-pyrrole nitrogens is 1. The molecule has 0 saturated carbocycles. The molecule has 132 valence electrons. The lowest BCUT2D eigenvalue weighted by molar-refractivity contribution is 0.881. The number of aliphatic imine (C=N–C) groups is 1. The van der Waals surface area contributed by atoms with Crippen LogP contribution in [0.3, 0.4) is 0 Å². The highest BCUT2D eigenvalue weighted by Crippen LogP contribution is 2.30. The number of thioether (sulfide) groups is 1. The number of aryl methyl sites for hydroxylation is 1. The van der Waals surface area contributed by atoms with Crippen LogP contribution < -0.4 is 11.1 Å². The summed E-state index contributed by atoms with van der Waals surface area (Å²) >= 11 is 7.47. The molecule has 0 spiro atoms. The molecule has 1 aromatic carbocycles. The molecule has 0 bridgehead atoms. The predicted molar refractivity (Wildman–Crippen MR) is 116 cm³/mol. The first kappa shape index (κ1) is 18.4. The molecule has 0 aliphatic carbocycles. The fourth-order valence-electron chi connectivity index (χ4n) is 2.66. The number of nitrogens with zero attached hydrogens (tertiary/aromatic N) is 1. The van der Waals surface area contributed by atoms with Gasteiger partial charge in [-0.05, 0) is 42.1 Å². The Kier molecular flexibility index (Phi) is 6.11. The first-order chi connectivity index (χ1) is 12.1. The van der Waals surface area contributed by atoms with Crippen LogP contribution in [0.4, 0.5) is 5.69 Å². The number of rotatable bonds is 3. The maximum absolute atomic E-state index is 5.70. The SMILES string of the molecule is CNc1cc(C)cc2cc(C3=NCC(CN)S3)[nH]c12.Sc1cccs1. The third-order valence-electron chi connectivity index (χ3n) is 3.86. The maximum Gasteiger partial charge on any atom is 0.114 e. The summed E-state index contributed by atoms with van der Waals surface area (Å²) in [4.78, 5) is 8.05. The van der Waals surface area contributed by atoms with Crippen molar-refractivity contribution in [1.82, 2.24) is 4.98 Å². The van der Waals surface area contributed by atoms with E-state index in [4.69, 9.17) is 5.73 Å². The fraction of sp³-hybridized carbons (Fsp3) is 0.278. The number of anilines is 1. The molecular weight excluding hydrogens is 368 g/mol. The van der Waals surface area contributed by atoms with Gasteiger partial charge in [-0.3, -0.25) is 4.99 Å². The zero-order valence-electron chi connectivity index (χ0n) is 14.2. The van der Waals surface area contributed by atoms with E-state index in [-0.39, 0.29) is 0 Å². The first-order valence-corrected chi connectivity index (χ1v) is 10.3. The molecular formula is C18H22N4S3. The third kappa shape index (κ3) is 4.41. The summed E-state index contributed by atoms with van der Waals surface area (Å²) < 4.78 is 1.08. The van der Waals surface area contributed by atoms with Crippen molar-refractivity contribution in [3.05, 3.63) is 47.0 Å². The van der Waals surface area contributed by atoms with E-state index >= 15 is 0 Å². The topological polar surface area (TPSA) is 66.2 Å². The van der Waals surface area contributed by atoms with Crippen molar-refractivity contribution in [2.75, 3.05) is 25.5 Å². The van der Waals surface area contributed by atoms with E-state index in [2.05, 4.69) is 53.0 Å². The van der Waals surface area contributed by atoms with Gasteiger partial charge < -0.3 is 16.0 Å². The highest BCUT2D eigenvalue weighted by atomic mass is 32.2. The summed E-state index contributed by atoms with van der Waals surface area (Å²) in [6.07, 6.45) is 0. The van der Waals surface area contributed by atoms with Crippen LogP contribution >= 0.6 is 35.7 Å². The van der Waals surface area contributed by atoms with Gasteiger partial charge >= 0.3 is 0 Å². The minimum absolute atomic E-state index is 0.423. The number of benzene rings is 1. The van der Waals surface area contributed by atoms with Gasteiger partial charge in [0.05, 0.1) is 27.7 Å². The van der Waals surface area contributed by atoms with Crippen molar-refractivity contribution in [2.45, 2.75) is 16.4 Å². The Morgan fingerprint density at radius 3 is 2.80 bits per heavy atom. The molecule has 0 amide bonds. The van der Waals surface area contributed by atoms with Crippen molar-refractivity contribution in [3.8, 4) is 0 Å². The molecule has 4 N–H and O–H groups in total. The Morgan fingerprint density at radius 2 is 2.24 bits per heavy atom. The minimum atomic E-state index is 0.423. The molecule has 1 atom stereocenters. The Hall–Kier alpha value is -1.41. The predicted octanol–water partition coefficient (Wildman–Crippen LogP) is 4.38. The fourth-order valence-corrected chi connectivity index (χ4v) is 4.33. The summed E-state index contributed by atoms with van der Waals surface area (Å²) in [7, 11) is 1.95. The quantitative estimate of drug-likeness (QED) is 0.502. The van der Waals surface area contributed by atoms with Crippen molar-refractivity contribution in [3.63, 3.8) is 0 Å². The smallest absolute Gasteiger partial charge is 0.114 e. The molecule has 4 nitrogen and oxygen atoms in total. The molecule has 1 aliphatic heterocycles. The molecule has 7 heteroatoms. The van der Waals surface area contributed by atoms with E-state index in [0.717, 1.165) is 32.7 Å². The van der Waals surface area contributed by atoms with Gasteiger partial charge in [-0.15, -0.1) is 24.0 Å². The zero-order valence-corrected chi connectivity index (χ0v) is 16.8. The highest BCUT2D eigenvalue weighted by Gasteiger charge is 2.21. The van der Waals surface area contributed by atoms with Gasteiger partial charge in [-0.25, -0.2) is 0 Å². The van der Waals surface area contributed by atoms with Crippen LogP contribution in [0.15, 0.2) is 44.9 Å². The summed E-state index contributed by atoms with van der Waals surface area (Å²) in [6, 6.07) is 10.5. The lowest BCUT2D eigenvalue weighted by atomic mass is 10.1. The van der Waals surface area contributed by atoms with Crippen LogP contribution in [-0.2, 0) is 0 Å². The van der Waals surface area contributed by atoms with E-state index in [1.165, 1.54) is 10.9 Å². The number of aromatic nitrogens is 1. The first-order valence-electron chi connectivity index (χ1n) is 8.06. The highest BCUT2D eigenvalue weighted by molar-refractivity contribution is 8.15. The van der Waals surface area contributed by atoms with Crippen LogP contribution in [0.2, 0.25) is 0 Å². The Morgan fingerprint density at radius 1 is 1.40 bits per heavy atom. The lowest BCUT2D eigenvalue weighted by Crippen LogP contribution is -2.17. The number of fused-ring (bicyclic) bond motifs is 1. The Labute approximate surface area is 161 Å². The number of aromatic amines is 1. The molecule has 0 saturated heterocycles. The van der Waals surface area contributed by atoms with Crippen LogP contribution in [0.5, 0.6) is 0 Å². The molecule has 1 aliphatic rings. The largest absolute Gasteiger partial charge is 0.386 e. The summed E-state index contributed by atoms with van der Waals surface area (Å²) in [5, 5.41) is 7.96. The second-order valence-electron chi connectivity index (χ2n) is 5.78. The van der Waals surface area contributed by atoms with E-state index in [1.807, 2.05) is 24.6 Å². The number of nitrogens with two attached hydrogens (primary N) is 1. The summed E-state index contributed by atoms with van der Waals surface area (Å²) in [5.74, 6) is 0. The third-order valence-corrected chi connectivity index (χ3v) is 6.24. The number of thiol groups is 1. The van der Waals surface area contributed by atoms with Crippen molar-refractivity contribution >= 4 is 57.4 Å². The summed E-state index contributed by atoms with van der Waals surface area (Å²) in [6.45, 7) is 3.61. The summed E-state index contributed by atoms with van der Waals surface area (Å²) in [5.41, 5.74) is 10.3. The van der Waals surface area contributed by atoms with E-state index in [9.17, 15) is 0 Å². The second kappa shape index (κ2) is 8.31. The van der Waals surface area contributed by atoms with Crippen LogP contribution in [-0.4, -0.2) is 35.4 Å². The minimum Gasteiger partial charge on any atom is -0.386 e. The standard InChI is InChI=1S/C14H18N4S.C4H4S2/c1-8-3-9-5-12(14-17-7-10(6-15)19-14)18-13(9)11(4-8)16-2;5-4-2-1-3-6-4/h3-5,10,16,18H,6-7,15H2,1-2H3;1-3,5H. The lowest BCUT2D eigenvalue weighted by Gasteiger charge is -2.03. The van der Waals surface area contributed by atoms with Crippen molar-refractivity contribution in [2.24, 2.45) is 10.7 Å². The van der Waals surface area contributed by atoms with E-state index < -0.39 is 0 Å².